The highest BCUT2D eigenvalue weighted by molar-refractivity contribution is 5.86. The van der Waals surface area contributed by atoms with Gasteiger partial charge in [-0.05, 0) is 24.7 Å². The number of carbonyl (C=O) groups is 3. The molecule has 0 fully saturated rings. The molecule has 0 spiro atoms. The van der Waals surface area contributed by atoms with Gasteiger partial charge in [0.25, 0.3) is 0 Å². The molecule has 7 nitrogen and oxygen atoms in total. The summed E-state index contributed by atoms with van der Waals surface area (Å²) in [5, 5.41) is 18.6. The average Bonchev–Trinajstić information content (AvgIpc) is 2.35. The van der Waals surface area contributed by atoms with Crippen molar-refractivity contribution in [3.63, 3.8) is 0 Å². The standard InChI is InChI=1S/C12H24N2O3.C2HF3O2/c1-7(2)5-9(13)11(15)14-10(12(16)17)6-8(3)4;3-2(4,5)1(6)7/h7-10H,5-6,13H2,1-4H3,(H,14,15)(H,16,17);(H,6,7)/t9-,10-;/m0./s1/i1+1,2+1,5+1,7+1,9+1,11+1,13+1;. The van der Waals surface area contributed by atoms with Gasteiger partial charge in [0.05, 0.1) is 6.04 Å². The van der Waals surface area contributed by atoms with Gasteiger partial charge in [-0.15, -0.1) is 0 Å². The molecule has 0 rings (SSSR count). The molecule has 0 heterocycles. The van der Waals surface area contributed by atoms with Crippen LogP contribution in [0, 0.1) is 11.8 Å². The zero-order valence-corrected chi connectivity index (χ0v) is 14.1. The number of halogens is 3. The molecular weight excluding hydrogens is 340 g/mol. The molecule has 0 aromatic carbocycles. The number of carboxylic acids is 2. The summed E-state index contributed by atoms with van der Waals surface area (Å²) in [5.74, 6) is -3.63. The third-order valence-corrected chi connectivity index (χ3v) is 2.63. The molecule has 0 aliphatic carbocycles. The van der Waals surface area contributed by atoms with E-state index in [1.54, 1.807) is 0 Å². The minimum Gasteiger partial charge on any atom is -0.480 e. The molecule has 0 aliphatic rings. The summed E-state index contributed by atoms with van der Waals surface area (Å²) in [6.07, 6.45) is -4.12. The maximum absolute atomic E-state index is 11.7. The maximum atomic E-state index is 11.7. The van der Waals surface area contributed by atoms with Crippen molar-refractivity contribution >= 4 is 17.8 Å². The second-order valence-corrected chi connectivity index (χ2v) is 6.07. The van der Waals surface area contributed by atoms with Crippen molar-refractivity contribution in [1.82, 2.24) is 5.32 Å². The lowest BCUT2D eigenvalue weighted by molar-refractivity contribution is -0.192. The van der Waals surface area contributed by atoms with E-state index in [1.165, 1.54) is 0 Å². The van der Waals surface area contributed by atoms with E-state index >= 15 is 0 Å². The summed E-state index contributed by atoms with van der Waals surface area (Å²) in [6.45, 7) is 7.76. The molecule has 1 amide bonds. The SMILES string of the molecule is CC(C)C[C@H](N[13C](=O)[13C@@H]([15NH2])[13CH2][13CH]([13CH3])[13CH3])C(=O)O.O=C(O)C(F)(F)F. The molecule has 0 aromatic heterocycles. The zero-order valence-electron chi connectivity index (χ0n) is 14.1. The van der Waals surface area contributed by atoms with Gasteiger partial charge in [-0.2, -0.15) is 13.2 Å². The fourth-order valence-electron chi connectivity index (χ4n) is 1.59. The van der Waals surface area contributed by atoms with Crippen LogP contribution in [0.25, 0.3) is 0 Å². The van der Waals surface area contributed by atoms with E-state index < -0.39 is 30.2 Å². The van der Waals surface area contributed by atoms with Crippen molar-refractivity contribution in [2.75, 3.05) is 0 Å². The molecule has 0 aliphatic heterocycles. The third-order valence-electron chi connectivity index (χ3n) is 2.63. The highest BCUT2D eigenvalue weighted by Gasteiger charge is 2.38. The number of hydrogen-bond acceptors (Lipinski definition) is 4. The Bertz CT molecular complexity index is 425. The molecule has 142 valence electrons. The van der Waals surface area contributed by atoms with Gasteiger partial charge < -0.3 is 21.3 Å². The van der Waals surface area contributed by atoms with Gasteiger partial charge in [-0.3, -0.25) is 4.79 Å². The van der Waals surface area contributed by atoms with E-state index in [1.807, 2.05) is 27.7 Å². The monoisotopic (exact) mass is 365 g/mol. The van der Waals surface area contributed by atoms with E-state index in [0.717, 1.165) is 0 Å². The Morgan fingerprint density at radius 2 is 1.38 bits per heavy atom. The van der Waals surface area contributed by atoms with Gasteiger partial charge in [-0.25, -0.2) is 9.59 Å². The summed E-state index contributed by atoms with van der Waals surface area (Å²) >= 11 is 0. The van der Waals surface area contributed by atoms with Gasteiger partial charge in [0.15, 0.2) is 0 Å². The quantitative estimate of drug-likeness (QED) is 0.401. The fourth-order valence-corrected chi connectivity index (χ4v) is 1.59. The Morgan fingerprint density at radius 1 is 1.00 bits per heavy atom. The lowest BCUT2D eigenvalue weighted by atomic mass is 10.0. The summed E-state index contributed by atoms with van der Waals surface area (Å²) in [7, 11) is 0. The number of carboxylic acid groups (broad SMARTS) is 2. The van der Waals surface area contributed by atoms with Crippen molar-refractivity contribution < 1.29 is 37.8 Å². The van der Waals surface area contributed by atoms with Crippen molar-refractivity contribution in [3.8, 4) is 0 Å². The van der Waals surface area contributed by atoms with Crippen molar-refractivity contribution in [1.29, 1.82) is 0 Å². The number of rotatable bonds is 7. The predicted octanol–water partition coefficient (Wildman–Crippen LogP) is 1.61. The Balaban J connectivity index is 0. The fraction of sp³-hybridized carbons (Fsp3) is 0.786. The Hall–Kier alpha value is -1.84. The van der Waals surface area contributed by atoms with Crippen LogP contribution in [0.3, 0.4) is 0 Å². The van der Waals surface area contributed by atoms with E-state index in [0.29, 0.717) is 18.8 Å². The molecule has 0 radical (unpaired) electrons. The molecule has 5 N–H and O–H groups in total. The number of carbonyl (C=O) groups excluding carboxylic acids is 1. The van der Waals surface area contributed by atoms with Crippen LogP contribution in [0.5, 0.6) is 0 Å². The number of amides is 1. The largest absolute Gasteiger partial charge is 0.490 e. The second kappa shape index (κ2) is 10.8. The molecule has 0 saturated heterocycles. The molecule has 2 atom stereocenters. The second-order valence-electron chi connectivity index (χ2n) is 6.07. The Kier molecular flexibility index (Phi) is 11.0. The highest BCUT2D eigenvalue weighted by atomic mass is 19.4. The first-order valence-corrected chi connectivity index (χ1v) is 7.27. The number of nitrogens with two attached hydrogens (primary N) is 1. The van der Waals surface area contributed by atoms with Gasteiger partial charge in [0, 0.05) is 0 Å². The molecule has 24 heavy (non-hydrogen) atoms. The van der Waals surface area contributed by atoms with Gasteiger partial charge in [-0.1, -0.05) is 27.7 Å². The van der Waals surface area contributed by atoms with Crippen LogP contribution in [0.2, 0.25) is 0 Å². The number of alkyl halides is 3. The maximum Gasteiger partial charge on any atom is 0.490 e. The Morgan fingerprint density at radius 3 is 1.62 bits per heavy atom. The molecule has 0 saturated carbocycles. The molecule has 0 aromatic rings. The minimum atomic E-state index is -5.08. The van der Waals surface area contributed by atoms with E-state index in [9.17, 15) is 22.8 Å². The van der Waals surface area contributed by atoms with Crippen molar-refractivity contribution in [2.45, 2.75) is 58.8 Å². The minimum absolute atomic E-state index is 0.206. The molecular formula is C14H25F3N2O5. The summed E-state index contributed by atoms with van der Waals surface area (Å²) in [4.78, 5) is 31.5. The van der Waals surface area contributed by atoms with E-state index in [4.69, 9.17) is 20.7 Å². The topological polar surface area (TPSA) is 130 Å². The third kappa shape index (κ3) is 12.7. The van der Waals surface area contributed by atoms with Crippen molar-refractivity contribution in [2.24, 2.45) is 17.6 Å². The van der Waals surface area contributed by atoms with Crippen LogP contribution in [0.15, 0.2) is 0 Å². The molecule has 10 heteroatoms. The summed E-state index contributed by atoms with van der Waals surface area (Å²) < 4.78 is 31.7. The Labute approximate surface area is 138 Å². The first kappa shape index (κ1) is 24.4. The van der Waals surface area contributed by atoms with Gasteiger partial charge in [0.1, 0.15) is 6.04 Å². The summed E-state index contributed by atoms with van der Waals surface area (Å²) in [6, 6.07) is -1.48. The van der Waals surface area contributed by atoms with Crippen LogP contribution < -0.4 is 11.1 Å². The average molecular weight is 365 g/mol. The van der Waals surface area contributed by atoms with E-state index in [2.05, 4.69) is 5.32 Å². The normalized spacial score (nSPS) is 13.8. The van der Waals surface area contributed by atoms with Crippen LogP contribution in [0.4, 0.5) is 13.2 Å². The first-order chi connectivity index (χ1) is 10.7. The van der Waals surface area contributed by atoms with Crippen LogP contribution in [-0.4, -0.2) is 46.3 Å². The van der Waals surface area contributed by atoms with Crippen LogP contribution >= 0.6 is 0 Å². The molecule has 0 unspecified atom stereocenters. The highest BCUT2D eigenvalue weighted by Crippen LogP contribution is 2.13. The first-order valence-electron chi connectivity index (χ1n) is 7.27. The number of aliphatic carboxylic acids is 2. The van der Waals surface area contributed by atoms with Crippen molar-refractivity contribution in [3.05, 3.63) is 0 Å². The number of nitrogens with one attached hydrogen (secondary N) is 1. The zero-order chi connectivity index (χ0) is 19.7. The smallest absolute Gasteiger partial charge is 0.480 e. The lowest BCUT2D eigenvalue weighted by Crippen LogP contribution is -2.49. The van der Waals surface area contributed by atoms with Crippen LogP contribution in [-0.2, 0) is 14.4 Å². The lowest BCUT2D eigenvalue weighted by Gasteiger charge is -2.20. The van der Waals surface area contributed by atoms with Crippen LogP contribution in [0.1, 0.15) is 40.5 Å². The van der Waals surface area contributed by atoms with E-state index in [-0.39, 0.29) is 11.8 Å². The number of hydrogen-bond donors (Lipinski definition) is 4. The molecule has 0 bridgehead atoms. The van der Waals surface area contributed by atoms with Gasteiger partial charge in [0.2, 0.25) is 5.91 Å². The van der Waals surface area contributed by atoms with Gasteiger partial charge >= 0.3 is 18.1 Å². The summed E-state index contributed by atoms with van der Waals surface area (Å²) in [5.41, 5.74) is 5.69. The predicted molar refractivity (Wildman–Crippen MR) is 80.1 cm³/mol.